The largest absolute Gasteiger partial charge is 0.376 e. The predicted octanol–water partition coefficient (Wildman–Crippen LogP) is 3.29. The molecule has 1 heterocycles. The normalized spacial score (nSPS) is 20.7. The maximum absolute atomic E-state index is 12.1. The molecule has 1 amide bonds. The molecule has 1 aromatic carbocycles. The summed E-state index contributed by atoms with van der Waals surface area (Å²) in [6.45, 7) is 2.70. The molecule has 3 nitrogen and oxygen atoms in total. The molecule has 2 atom stereocenters. The second kappa shape index (κ2) is 5.91. The molecule has 0 aliphatic carbocycles. The molecule has 0 saturated carbocycles. The van der Waals surface area contributed by atoms with Gasteiger partial charge in [-0.15, -0.1) is 0 Å². The van der Waals surface area contributed by atoms with Crippen LogP contribution >= 0.6 is 23.2 Å². The van der Waals surface area contributed by atoms with Crippen LogP contribution < -0.4 is 5.32 Å². The Kier molecular flexibility index (Phi) is 4.49. The Morgan fingerprint density at radius 3 is 2.94 bits per heavy atom. The van der Waals surface area contributed by atoms with Gasteiger partial charge in [0, 0.05) is 11.6 Å². The number of ether oxygens (including phenoxy) is 1. The summed E-state index contributed by atoms with van der Waals surface area (Å²) in [7, 11) is 0. The second-order valence-corrected chi connectivity index (χ2v) is 5.28. The molecule has 1 fully saturated rings. The monoisotopic (exact) mass is 287 g/mol. The van der Waals surface area contributed by atoms with E-state index >= 15 is 0 Å². The Balaban J connectivity index is 2.04. The van der Waals surface area contributed by atoms with Crippen molar-refractivity contribution in [3.05, 3.63) is 33.8 Å². The highest BCUT2D eigenvalue weighted by atomic mass is 35.5. The first-order valence-corrected chi connectivity index (χ1v) is 6.71. The molecule has 1 aromatic rings. The van der Waals surface area contributed by atoms with E-state index in [4.69, 9.17) is 27.9 Å². The van der Waals surface area contributed by atoms with Crippen LogP contribution in [0.3, 0.4) is 0 Å². The van der Waals surface area contributed by atoms with Crippen molar-refractivity contribution in [2.45, 2.75) is 31.9 Å². The van der Waals surface area contributed by atoms with E-state index in [1.807, 2.05) is 6.92 Å². The van der Waals surface area contributed by atoms with E-state index < -0.39 is 0 Å². The number of hydrogen-bond acceptors (Lipinski definition) is 2. The lowest BCUT2D eigenvalue weighted by molar-refractivity contribution is 0.0712. The molecule has 2 rings (SSSR count). The van der Waals surface area contributed by atoms with Crippen LogP contribution in [0, 0.1) is 0 Å². The molecule has 0 bridgehead atoms. The second-order valence-electron chi connectivity index (χ2n) is 4.44. The van der Waals surface area contributed by atoms with Gasteiger partial charge in [-0.05, 0) is 38.0 Å². The summed E-state index contributed by atoms with van der Waals surface area (Å²) in [5.74, 6) is -0.217. The zero-order valence-corrected chi connectivity index (χ0v) is 11.6. The molecule has 1 aliphatic heterocycles. The van der Waals surface area contributed by atoms with Crippen molar-refractivity contribution >= 4 is 29.1 Å². The van der Waals surface area contributed by atoms with E-state index in [-0.39, 0.29) is 18.1 Å². The van der Waals surface area contributed by atoms with Crippen LogP contribution in [0.5, 0.6) is 0 Å². The van der Waals surface area contributed by atoms with Crippen LogP contribution in [-0.4, -0.2) is 24.7 Å². The van der Waals surface area contributed by atoms with Crippen LogP contribution in [0.4, 0.5) is 0 Å². The molecule has 98 valence electrons. The van der Waals surface area contributed by atoms with Gasteiger partial charge in [0.15, 0.2) is 0 Å². The minimum atomic E-state index is -0.217. The first-order chi connectivity index (χ1) is 8.58. The fraction of sp³-hybridized carbons (Fsp3) is 0.462. The lowest BCUT2D eigenvalue weighted by Gasteiger charge is -2.20. The number of rotatable bonds is 3. The maximum Gasteiger partial charge on any atom is 0.253 e. The lowest BCUT2D eigenvalue weighted by Crippen LogP contribution is -2.40. The van der Waals surface area contributed by atoms with Crippen LogP contribution in [0.15, 0.2) is 18.2 Å². The van der Waals surface area contributed by atoms with E-state index in [9.17, 15) is 4.79 Å². The molecule has 0 unspecified atom stereocenters. The molecule has 0 spiro atoms. The van der Waals surface area contributed by atoms with Crippen molar-refractivity contribution in [3.63, 3.8) is 0 Å². The standard InChI is InChI=1S/C13H15Cl2NO2/c1-8(12-3-2-6-18-12)16-13(17)10-7-9(14)4-5-11(10)15/h4-5,7-8,12H,2-3,6H2,1H3,(H,16,17)/t8-,12-/m0/s1. The predicted molar refractivity (Wildman–Crippen MR) is 72.4 cm³/mol. The van der Waals surface area contributed by atoms with Crippen LogP contribution in [0.2, 0.25) is 10.0 Å². The number of benzene rings is 1. The van der Waals surface area contributed by atoms with Crippen molar-refractivity contribution in [2.24, 2.45) is 0 Å². The summed E-state index contributed by atoms with van der Waals surface area (Å²) in [4.78, 5) is 12.1. The molecule has 1 N–H and O–H groups in total. The summed E-state index contributed by atoms with van der Waals surface area (Å²) < 4.78 is 5.53. The quantitative estimate of drug-likeness (QED) is 0.926. The molecular formula is C13H15Cl2NO2. The summed E-state index contributed by atoms with van der Waals surface area (Å²) in [6, 6.07) is 4.82. The van der Waals surface area contributed by atoms with E-state index in [0.29, 0.717) is 15.6 Å². The minimum absolute atomic E-state index is 0.0324. The third kappa shape index (κ3) is 3.16. The van der Waals surface area contributed by atoms with Crippen LogP contribution in [-0.2, 0) is 4.74 Å². The highest BCUT2D eigenvalue weighted by molar-refractivity contribution is 6.35. The van der Waals surface area contributed by atoms with Gasteiger partial charge in [0.25, 0.3) is 5.91 Å². The highest BCUT2D eigenvalue weighted by Crippen LogP contribution is 2.21. The van der Waals surface area contributed by atoms with Gasteiger partial charge in [-0.2, -0.15) is 0 Å². The molecule has 18 heavy (non-hydrogen) atoms. The number of amides is 1. The number of halogens is 2. The van der Waals surface area contributed by atoms with Gasteiger partial charge in [-0.25, -0.2) is 0 Å². The zero-order chi connectivity index (χ0) is 13.1. The third-order valence-electron chi connectivity index (χ3n) is 3.05. The number of nitrogens with one attached hydrogen (secondary N) is 1. The van der Waals surface area contributed by atoms with Gasteiger partial charge >= 0.3 is 0 Å². The topological polar surface area (TPSA) is 38.3 Å². The van der Waals surface area contributed by atoms with Crippen molar-refractivity contribution in [2.75, 3.05) is 6.61 Å². The molecule has 0 aromatic heterocycles. The molecule has 0 radical (unpaired) electrons. The Morgan fingerprint density at radius 2 is 2.28 bits per heavy atom. The van der Waals surface area contributed by atoms with Crippen molar-refractivity contribution in [1.82, 2.24) is 5.32 Å². The zero-order valence-electron chi connectivity index (χ0n) is 10.1. The van der Waals surface area contributed by atoms with Crippen LogP contribution in [0.1, 0.15) is 30.1 Å². The van der Waals surface area contributed by atoms with Gasteiger partial charge in [0.1, 0.15) is 0 Å². The third-order valence-corrected chi connectivity index (χ3v) is 3.62. The molecular weight excluding hydrogens is 273 g/mol. The Labute approximate surface area is 116 Å². The summed E-state index contributed by atoms with van der Waals surface area (Å²) >= 11 is 11.8. The first-order valence-electron chi connectivity index (χ1n) is 5.95. The van der Waals surface area contributed by atoms with Crippen molar-refractivity contribution in [3.8, 4) is 0 Å². The average Bonchev–Trinajstić information content (AvgIpc) is 2.85. The van der Waals surface area contributed by atoms with Gasteiger partial charge < -0.3 is 10.1 Å². The van der Waals surface area contributed by atoms with Gasteiger partial charge in [-0.3, -0.25) is 4.79 Å². The summed E-state index contributed by atoms with van der Waals surface area (Å²) in [6.07, 6.45) is 2.11. The van der Waals surface area contributed by atoms with Crippen molar-refractivity contribution in [1.29, 1.82) is 0 Å². The van der Waals surface area contributed by atoms with Gasteiger partial charge in [0.2, 0.25) is 0 Å². The molecule has 1 aliphatic rings. The lowest BCUT2D eigenvalue weighted by atomic mass is 10.1. The Morgan fingerprint density at radius 1 is 1.50 bits per heavy atom. The number of carbonyl (C=O) groups is 1. The van der Waals surface area contributed by atoms with E-state index in [2.05, 4.69) is 5.32 Å². The maximum atomic E-state index is 12.1. The number of carbonyl (C=O) groups excluding carboxylic acids is 1. The fourth-order valence-corrected chi connectivity index (χ4v) is 2.42. The first kappa shape index (κ1) is 13.7. The van der Waals surface area contributed by atoms with E-state index in [1.54, 1.807) is 18.2 Å². The van der Waals surface area contributed by atoms with Gasteiger partial charge in [0.05, 0.1) is 22.7 Å². The van der Waals surface area contributed by atoms with Crippen molar-refractivity contribution < 1.29 is 9.53 Å². The van der Waals surface area contributed by atoms with E-state index in [1.165, 1.54) is 0 Å². The summed E-state index contributed by atoms with van der Waals surface area (Å²) in [5.41, 5.74) is 0.397. The van der Waals surface area contributed by atoms with Gasteiger partial charge in [-0.1, -0.05) is 23.2 Å². The molecule has 1 saturated heterocycles. The molecule has 5 heteroatoms. The SMILES string of the molecule is C[C@H](NC(=O)c1cc(Cl)ccc1Cl)[C@@H]1CCCO1. The average molecular weight is 288 g/mol. The fourth-order valence-electron chi connectivity index (χ4n) is 2.05. The van der Waals surface area contributed by atoms with Crippen LogP contribution in [0.25, 0.3) is 0 Å². The Bertz CT molecular complexity index is 445. The van der Waals surface area contributed by atoms with E-state index in [0.717, 1.165) is 19.4 Å². The highest BCUT2D eigenvalue weighted by Gasteiger charge is 2.24. The summed E-state index contributed by atoms with van der Waals surface area (Å²) in [5, 5.41) is 3.79. The minimum Gasteiger partial charge on any atom is -0.376 e. The Hall–Kier alpha value is -0.770. The number of hydrogen-bond donors (Lipinski definition) is 1. The smallest absolute Gasteiger partial charge is 0.253 e.